The highest BCUT2D eigenvalue weighted by molar-refractivity contribution is 5.75. The van der Waals surface area contributed by atoms with Crippen LogP contribution < -0.4 is 10.6 Å². The molecule has 0 radical (unpaired) electrons. The van der Waals surface area contributed by atoms with E-state index in [-0.39, 0.29) is 29.3 Å². The number of nitrogens with one attached hydrogen (secondary N) is 2. The Morgan fingerprint density at radius 2 is 2.14 bits per heavy atom. The topological polar surface area (TPSA) is 68.2 Å². The summed E-state index contributed by atoms with van der Waals surface area (Å²) in [5.41, 5.74) is 0.407. The smallest absolute Gasteiger partial charge is 0.315 e. The average Bonchev–Trinajstić information content (AvgIpc) is 2.80. The van der Waals surface area contributed by atoms with E-state index in [0.717, 1.165) is 12.0 Å². The van der Waals surface area contributed by atoms with Crippen LogP contribution in [0.4, 0.5) is 4.79 Å². The number of carbonyl (C=O) groups excluding carboxylic acids is 1. The lowest BCUT2D eigenvalue weighted by molar-refractivity contribution is -0.0690. The maximum absolute atomic E-state index is 12.2. The van der Waals surface area contributed by atoms with Crippen molar-refractivity contribution in [3.05, 3.63) is 18.0 Å². The highest BCUT2D eigenvalue weighted by Gasteiger charge is 2.46. The average molecular weight is 294 g/mol. The molecule has 1 aliphatic heterocycles. The van der Waals surface area contributed by atoms with Gasteiger partial charge in [0.05, 0.1) is 29.5 Å². The molecule has 1 aromatic heterocycles. The van der Waals surface area contributed by atoms with E-state index in [4.69, 9.17) is 4.74 Å². The molecule has 0 aromatic carbocycles. The predicted octanol–water partition coefficient (Wildman–Crippen LogP) is 2.13. The summed E-state index contributed by atoms with van der Waals surface area (Å²) in [5, 5.41) is 10.1. The number of carbonyl (C=O) groups is 1. The summed E-state index contributed by atoms with van der Waals surface area (Å²) in [4.78, 5) is 12.2. The highest BCUT2D eigenvalue weighted by Crippen LogP contribution is 2.37. The third-order valence-corrected chi connectivity index (χ3v) is 3.95. The Morgan fingerprint density at radius 3 is 2.62 bits per heavy atom. The Morgan fingerprint density at radius 1 is 1.48 bits per heavy atom. The van der Waals surface area contributed by atoms with Crippen LogP contribution in [0.25, 0.3) is 0 Å². The van der Waals surface area contributed by atoms with E-state index in [1.165, 1.54) is 0 Å². The van der Waals surface area contributed by atoms with E-state index in [0.29, 0.717) is 0 Å². The molecule has 1 saturated heterocycles. The molecule has 1 aliphatic rings. The van der Waals surface area contributed by atoms with Crippen molar-refractivity contribution in [2.75, 3.05) is 0 Å². The molecule has 0 saturated carbocycles. The molecule has 2 N–H and O–H groups in total. The van der Waals surface area contributed by atoms with Crippen molar-refractivity contribution in [3.63, 3.8) is 0 Å². The van der Waals surface area contributed by atoms with E-state index in [9.17, 15) is 4.79 Å². The lowest BCUT2D eigenvalue weighted by Crippen LogP contribution is -2.50. The summed E-state index contributed by atoms with van der Waals surface area (Å²) >= 11 is 0. The Balaban J connectivity index is 1.93. The molecule has 0 unspecified atom stereocenters. The van der Waals surface area contributed by atoms with Crippen LogP contribution in [0.1, 0.15) is 52.6 Å². The summed E-state index contributed by atoms with van der Waals surface area (Å²) in [6, 6.07) is -0.267. The van der Waals surface area contributed by atoms with Gasteiger partial charge in [-0.25, -0.2) is 4.79 Å². The van der Waals surface area contributed by atoms with Gasteiger partial charge in [0.15, 0.2) is 0 Å². The fourth-order valence-corrected chi connectivity index (χ4v) is 2.93. The summed E-state index contributed by atoms with van der Waals surface area (Å²) in [5.74, 6) is 0. The quantitative estimate of drug-likeness (QED) is 0.897. The van der Waals surface area contributed by atoms with E-state index in [2.05, 4.69) is 15.7 Å². The lowest BCUT2D eigenvalue weighted by atomic mass is 9.94. The van der Waals surface area contributed by atoms with Crippen LogP contribution in [0.5, 0.6) is 0 Å². The molecule has 2 amide bonds. The maximum Gasteiger partial charge on any atom is 0.315 e. The highest BCUT2D eigenvalue weighted by atomic mass is 16.5. The van der Waals surface area contributed by atoms with Crippen molar-refractivity contribution in [1.82, 2.24) is 20.4 Å². The van der Waals surface area contributed by atoms with Gasteiger partial charge in [0, 0.05) is 18.8 Å². The summed E-state index contributed by atoms with van der Waals surface area (Å²) in [7, 11) is 1.86. The van der Waals surface area contributed by atoms with E-state index in [1.807, 2.05) is 47.9 Å². The van der Waals surface area contributed by atoms with Crippen LogP contribution in [0.15, 0.2) is 12.4 Å². The van der Waals surface area contributed by atoms with E-state index in [1.54, 1.807) is 10.9 Å². The van der Waals surface area contributed by atoms with Crippen LogP contribution in [0, 0.1) is 0 Å². The minimum atomic E-state index is -0.363. The van der Waals surface area contributed by atoms with E-state index < -0.39 is 0 Å². The minimum Gasteiger partial charge on any atom is -0.367 e. The van der Waals surface area contributed by atoms with Crippen LogP contribution in [-0.2, 0) is 11.8 Å². The van der Waals surface area contributed by atoms with Gasteiger partial charge in [0.2, 0.25) is 0 Å². The Hall–Kier alpha value is -1.56. The molecular formula is C15H26N4O2. The van der Waals surface area contributed by atoms with Gasteiger partial charge in [0.1, 0.15) is 0 Å². The molecule has 21 heavy (non-hydrogen) atoms. The van der Waals surface area contributed by atoms with Crippen molar-refractivity contribution < 1.29 is 9.53 Å². The molecular weight excluding hydrogens is 268 g/mol. The second-order valence-electron chi connectivity index (χ2n) is 7.01. The van der Waals surface area contributed by atoms with E-state index >= 15 is 0 Å². The molecule has 6 heteroatoms. The van der Waals surface area contributed by atoms with Gasteiger partial charge in [-0.2, -0.15) is 5.10 Å². The second kappa shape index (κ2) is 5.33. The number of hydrogen-bond donors (Lipinski definition) is 2. The third-order valence-electron chi connectivity index (χ3n) is 3.95. The minimum absolute atomic E-state index is 0.00593. The first-order chi connectivity index (χ1) is 9.59. The zero-order valence-corrected chi connectivity index (χ0v) is 13.7. The number of hydrogen-bond acceptors (Lipinski definition) is 3. The van der Waals surface area contributed by atoms with Crippen LogP contribution >= 0.6 is 0 Å². The largest absolute Gasteiger partial charge is 0.367 e. The Bertz CT molecular complexity index is 521. The first-order valence-electron chi connectivity index (χ1n) is 7.35. The molecule has 2 atom stereocenters. The predicted molar refractivity (Wildman–Crippen MR) is 80.9 cm³/mol. The number of urea groups is 1. The summed E-state index contributed by atoms with van der Waals surface area (Å²) < 4.78 is 7.71. The van der Waals surface area contributed by atoms with Crippen LogP contribution in [-0.4, -0.2) is 33.1 Å². The summed E-state index contributed by atoms with van der Waals surface area (Å²) in [6.07, 6.45) is 4.46. The molecule has 0 spiro atoms. The molecule has 0 aliphatic carbocycles. The van der Waals surface area contributed by atoms with Crippen LogP contribution in [0.3, 0.4) is 0 Å². The number of amides is 2. The van der Waals surface area contributed by atoms with Crippen molar-refractivity contribution >= 4 is 6.03 Å². The molecule has 1 aromatic rings. The zero-order valence-electron chi connectivity index (χ0n) is 13.7. The molecule has 118 valence electrons. The second-order valence-corrected chi connectivity index (χ2v) is 7.01. The molecule has 1 fully saturated rings. The lowest BCUT2D eigenvalue weighted by Gasteiger charge is -2.28. The normalized spacial score (nSPS) is 24.6. The fourth-order valence-electron chi connectivity index (χ4n) is 2.93. The van der Waals surface area contributed by atoms with Crippen molar-refractivity contribution in [2.24, 2.45) is 7.05 Å². The van der Waals surface area contributed by atoms with Gasteiger partial charge in [-0.1, -0.05) is 0 Å². The third kappa shape index (κ3) is 3.75. The zero-order chi connectivity index (χ0) is 15.8. The molecule has 0 bridgehead atoms. The standard InChI is InChI=1S/C15H26N4O2/c1-10(11-8-16-19(6)9-11)17-13(20)18-12-7-14(2,3)21-15(12,4)5/h8-10,12H,7H2,1-6H3,(H2,17,18,20)/t10-,12-/m0/s1. The van der Waals surface area contributed by atoms with Gasteiger partial charge < -0.3 is 15.4 Å². The fraction of sp³-hybridized carbons (Fsp3) is 0.733. The first kappa shape index (κ1) is 15.8. The first-order valence-corrected chi connectivity index (χ1v) is 7.35. The van der Waals surface area contributed by atoms with Crippen LogP contribution in [0.2, 0.25) is 0 Å². The van der Waals surface area contributed by atoms with Gasteiger partial charge in [-0.3, -0.25) is 4.68 Å². The number of rotatable bonds is 3. The van der Waals surface area contributed by atoms with Gasteiger partial charge >= 0.3 is 6.03 Å². The Labute approximate surface area is 126 Å². The van der Waals surface area contributed by atoms with Gasteiger partial charge in [-0.05, 0) is 41.0 Å². The molecule has 2 rings (SSSR count). The van der Waals surface area contributed by atoms with Gasteiger partial charge in [0.25, 0.3) is 0 Å². The molecule has 2 heterocycles. The van der Waals surface area contributed by atoms with Crippen molar-refractivity contribution in [3.8, 4) is 0 Å². The number of aryl methyl sites for hydroxylation is 1. The van der Waals surface area contributed by atoms with Crippen molar-refractivity contribution in [1.29, 1.82) is 0 Å². The number of ether oxygens (including phenoxy) is 1. The monoisotopic (exact) mass is 294 g/mol. The maximum atomic E-state index is 12.2. The molecule has 6 nitrogen and oxygen atoms in total. The summed E-state index contributed by atoms with van der Waals surface area (Å²) in [6.45, 7) is 10.1. The number of aromatic nitrogens is 2. The number of nitrogens with zero attached hydrogens (tertiary/aromatic N) is 2. The SMILES string of the molecule is C[C@H](NC(=O)N[C@H]1CC(C)(C)OC1(C)C)c1cnn(C)c1. The van der Waals surface area contributed by atoms with Crippen molar-refractivity contribution in [2.45, 2.75) is 64.3 Å². The Kier molecular flexibility index (Phi) is 4.02. The van der Waals surface area contributed by atoms with Gasteiger partial charge in [-0.15, -0.1) is 0 Å².